The van der Waals surface area contributed by atoms with Gasteiger partial charge in [0, 0.05) is 24.2 Å². The summed E-state index contributed by atoms with van der Waals surface area (Å²) in [6.07, 6.45) is 3.96. The zero-order chi connectivity index (χ0) is 15.1. The van der Waals surface area contributed by atoms with Crippen LogP contribution >= 0.6 is 0 Å². The molecule has 0 bridgehead atoms. The van der Waals surface area contributed by atoms with Gasteiger partial charge in [-0.15, -0.1) is 0 Å². The van der Waals surface area contributed by atoms with Crippen LogP contribution in [-0.4, -0.2) is 36.7 Å². The van der Waals surface area contributed by atoms with Gasteiger partial charge in [0.25, 0.3) is 0 Å². The van der Waals surface area contributed by atoms with Gasteiger partial charge in [-0.3, -0.25) is 4.90 Å². The zero-order valence-corrected chi connectivity index (χ0v) is 13.1. The molecule has 0 saturated carbocycles. The van der Waals surface area contributed by atoms with Crippen molar-refractivity contribution in [3.8, 4) is 17.6 Å². The molecule has 1 heterocycles. The van der Waals surface area contributed by atoms with E-state index in [0.29, 0.717) is 18.6 Å². The molecule has 0 radical (unpaired) electrons. The molecular formula is C18H26N2O. The van der Waals surface area contributed by atoms with Crippen molar-refractivity contribution < 1.29 is 4.74 Å². The second-order valence-electron chi connectivity index (χ2n) is 5.75. The van der Waals surface area contributed by atoms with Gasteiger partial charge >= 0.3 is 0 Å². The van der Waals surface area contributed by atoms with Crippen LogP contribution in [0, 0.1) is 11.8 Å². The Bertz CT molecular complexity index is 476. The molecule has 0 aliphatic carbocycles. The summed E-state index contributed by atoms with van der Waals surface area (Å²) in [4.78, 5) is 2.56. The first-order chi connectivity index (χ1) is 10.2. The number of hydrogen-bond donors (Lipinski definition) is 1. The van der Waals surface area contributed by atoms with E-state index in [-0.39, 0.29) is 0 Å². The summed E-state index contributed by atoms with van der Waals surface area (Å²) in [5, 5.41) is 0. The van der Waals surface area contributed by atoms with Crippen molar-refractivity contribution in [1.29, 1.82) is 0 Å². The van der Waals surface area contributed by atoms with Gasteiger partial charge in [-0.25, -0.2) is 0 Å². The number of piperidine rings is 1. The summed E-state index contributed by atoms with van der Waals surface area (Å²) in [6, 6.07) is 9.25. The van der Waals surface area contributed by atoms with Crippen LogP contribution in [0.3, 0.4) is 0 Å². The van der Waals surface area contributed by atoms with Gasteiger partial charge in [-0.2, -0.15) is 0 Å². The fourth-order valence-electron chi connectivity index (χ4n) is 2.97. The first-order valence-electron chi connectivity index (χ1n) is 7.88. The van der Waals surface area contributed by atoms with E-state index in [1.807, 2.05) is 24.3 Å². The van der Waals surface area contributed by atoms with E-state index in [9.17, 15) is 0 Å². The number of nitrogens with zero attached hydrogens (tertiary/aromatic N) is 1. The van der Waals surface area contributed by atoms with Crippen LogP contribution in [0.15, 0.2) is 24.3 Å². The Balaban J connectivity index is 1.80. The first-order valence-corrected chi connectivity index (χ1v) is 7.88. The monoisotopic (exact) mass is 286 g/mol. The standard InChI is InChI=1S/C18H26N2O/c1-15-5-3-6-16(2)20(15)13-14-21-18-10-8-17(9-11-18)7-4-12-19/h8-11,15-16H,3,5-6,12-14,19H2,1-2H3. The van der Waals surface area contributed by atoms with Crippen LogP contribution < -0.4 is 10.5 Å². The largest absolute Gasteiger partial charge is 0.492 e. The molecule has 2 unspecified atom stereocenters. The topological polar surface area (TPSA) is 38.5 Å². The van der Waals surface area contributed by atoms with E-state index < -0.39 is 0 Å². The molecule has 0 amide bonds. The molecule has 1 aliphatic rings. The predicted octanol–water partition coefficient (Wildman–Crippen LogP) is 2.64. The van der Waals surface area contributed by atoms with Crippen molar-refractivity contribution in [2.45, 2.75) is 45.2 Å². The van der Waals surface area contributed by atoms with Crippen LogP contribution in [0.25, 0.3) is 0 Å². The number of ether oxygens (including phenoxy) is 1. The van der Waals surface area contributed by atoms with Crippen molar-refractivity contribution in [3.05, 3.63) is 29.8 Å². The minimum absolute atomic E-state index is 0.393. The van der Waals surface area contributed by atoms with Gasteiger partial charge < -0.3 is 10.5 Å². The fraction of sp³-hybridized carbons (Fsp3) is 0.556. The maximum absolute atomic E-state index is 5.85. The second kappa shape index (κ2) is 8.07. The molecule has 0 aromatic heterocycles. The number of benzene rings is 1. The van der Waals surface area contributed by atoms with E-state index in [1.165, 1.54) is 19.3 Å². The summed E-state index contributed by atoms with van der Waals surface area (Å²) in [7, 11) is 0. The smallest absolute Gasteiger partial charge is 0.119 e. The Hall–Kier alpha value is -1.50. The summed E-state index contributed by atoms with van der Waals surface area (Å²) < 4.78 is 5.85. The predicted molar refractivity (Wildman–Crippen MR) is 87.4 cm³/mol. The van der Waals surface area contributed by atoms with Crippen LogP contribution in [0.2, 0.25) is 0 Å². The molecule has 3 heteroatoms. The minimum Gasteiger partial charge on any atom is -0.492 e. The Kier molecular flexibility index (Phi) is 6.10. The van der Waals surface area contributed by atoms with E-state index in [1.54, 1.807) is 0 Å². The highest BCUT2D eigenvalue weighted by atomic mass is 16.5. The number of rotatable bonds is 4. The molecule has 2 rings (SSSR count). The normalized spacial score (nSPS) is 22.4. The lowest BCUT2D eigenvalue weighted by atomic mass is 9.98. The highest BCUT2D eigenvalue weighted by Crippen LogP contribution is 2.22. The van der Waals surface area contributed by atoms with E-state index in [4.69, 9.17) is 10.5 Å². The molecule has 2 atom stereocenters. The summed E-state index contributed by atoms with van der Waals surface area (Å²) >= 11 is 0. The average molecular weight is 286 g/mol. The second-order valence-corrected chi connectivity index (χ2v) is 5.75. The molecule has 1 aliphatic heterocycles. The molecule has 114 valence electrons. The molecule has 2 N–H and O–H groups in total. The lowest BCUT2D eigenvalue weighted by Gasteiger charge is -2.38. The highest BCUT2D eigenvalue weighted by Gasteiger charge is 2.23. The average Bonchev–Trinajstić information content (AvgIpc) is 2.49. The molecule has 1 fully saturated rings. The maximum Gasteiger partial charge on any atom is 0.119 e. The summed E-state index contributed by atoms with van der Waals surface area (Å²) in [6.45, 7) is 6.77. The van der Waals surface area contributed by atoms with Gasteiger partial charge in [0.2, 0.25) is 0 Å². The number of likely N-dealkylation sites (tertiary alicyclic amines) is 1. The molecule has 0 spiro atoms. The van der Waals surface area contributed by atoms with Crippen molar-refractivity contribution in [2.24, 2.45) is 5.73 Å². The third-order valence-electron chi connectivity index (χ3n) is 4.18. The highest BCUT2D eigenvalue weighted by molar-refractivity contribution is 5.38. The number of hydrogen-bond acceptors (Lipinski definition) is 3. The van der Waals surface area contributed by atoms with Gasteiger partial charge in [0.1, 0.15) is 12.4 Å². The SMILES string of the molecule is CC1CCCC(C)N1CCOc1ccc(C#CCN)cc1. The Morgan fingerprint density at radius 1 is 1.19 bits per heavy atom. The lowest BCUT2D eigenvalue weighted by molar-refractivity contribution is 0.0851. The van der Waals surface area contributed by atoms with Crippen molar-refractivity contribution >= 4 is 0 Å². The van der Waals surface area contributed by atoms with Crippen LogP contribution in [0.4, 0.5) is 0 Å². The molecule has 1 aromatic rings. The van der Waals surface area contributed by atoms with Crippen LogP contribution in [0.5, 0.6) is 5.75 Å². The minimum atomic E-state index is 0.393. The van der Waals surface area contributed by atoms with E-state index in [2.05, 4.69) is 30.6 Å². The van der Waals surface area contributed by atoms with Crippen molar-refractivity contribution in [1.82, 2.24) is 4.90 Å². The summed E-state index contributed by atoms with van der Waals surface area (Å²) in [5.41, 5.74) is 6.34. The summed E-state index contributed by atoms with van der Waals surface area (Å²) in [5.74, 6) is 6.77. The third-order valence-corrected chi connectivity index (χ3v) is 4.18. The fourth-order valence-corrected chi connectivity index (χ4v) is 2.97. The third kappa shape index (κ3) is 4.77. The van der Waals surface area contributed by atoms with Crippen molar-refractivity contribution in [3.63, 3.8) is 0 Å². The molecule has 1 saturated heterocycles. The van der Waals surface area contributed by atoms with Gasteiger partial charge in [0.05, 0.1) is 6.54 Å². The van der Waals surface area contributed by atoms with Gasteiger partial charge in [-0.05, 0) is 51.0 Å². The van der Waals surface area contributed by atoms with Crippen LogP contribution in [0.1, 0.15) is 38.7 Å². The molecule has 1 aromatic carbocycles. The van der Waals surface area contributed by atoms with Gasteiger partial charge in [0.15, 0.2) is 0 Å². The first kappa shape index (κ1) is 15.9. The number of nitrogens with two attached hydrogens (primary N) is 1. The zero-order valence-electron chi connectivity index (χ0n) is 13.1. The quantitative estimate of drug-likeness (QED) is 0.865. The molecule has 21 heavy (non-hydrogen) atoms. The van der Waals surface area contributed by atoms with Crippen molar-refractivity contribution in [2.75, 3.05) is 19.7 Å². The van der Waals surface area contributed by atoms with Gasteiger partial charge in [-0.1, -0.05) is 18.3 Å². The van der Waals surface area contributed by atoms with Crippen LogP contribution in [-0.2, 0) is 0 Å². The lowest BCUT2D eigenvalue weighted by Crippen LogP contribution is -2.45. The Labute approximate surface area is 128 Å². The Morgan fingerprint density at radius 3 is 2.48 bits per heavy atom. The van der Waals surface area contributed by atoms with E-state index >= 15 is 0 Å². The Morgan fingerprint density at radius 2 is 1.86 bits per heavy atom. The van der Waals surface area contributed by atoms with E-state index in [0.717, 1.165) is 24.5 Å². The maximum atomic E-state index is 5.85. The molecule has 3 nitrogen and oxygen atoms in total. The molecular weight excluding hydrogens is 260 g/mol.